The predicted octanol–water partition coefficient (Wildman–Crippen LogP) is 4.26. The second-order valence-electron chi connectivity index (χ2n) is 6.20. The van der Waals surface area contributed by atoms with E-state index in [2.05, 4.69) is 47.9 Å². The minimum absolute atomic E-state index is 0. The molecule has 0 bridgehead atoms. The van der Waals surface area contributed by atoms with Crippen molar-refractivity contribution in [1.82, 2.24) is 10.8 Å². The topological polar surface area (TPSA) is 90.5 Å². The van der Waals surface area contributed by atoms with Crippen molar-refractivity contribution in [2.45, 2.75) is 19.9 Å². The van der Waals surface area contributed by atoms with Crippen molar-refractivity contribution in [3.63, 3.8) is 0 Å². The van der Waals surface area contributed by atoms with Gasteiger partial charge in [-0.25, -0.2) is 10.3 Å². The molecule has 0 aliphatic carbocycles. The minimum atomic E-state index is -0.603. The number of benzene rings is 3. The molecule has 0 saturated carbocycles. The number of hydroxylamine groups is 1. The summed E-state index contributed by atoms with van der Waals surface area (Å²) in [6.45, 7) is 2.54. The fourth-order valence-corrected chi connectivity index (χ4v) is 2.80. The van der Waals surface area contributed by atoms with Crippen molar-refractivity contribution in [2.75, 3.05) is 5.32 Å². The first-order valence-corrected chi connectivity index (χ1v) is 8.70. The smallest absolute Gasteiger partial charge is 0.319 e. The zero-order chi connectivity index (χ0) is 19.2. The molecule has 7 heteroatoms. The number of halogens is 1. The Morgan fingerprint density at radius 3 is 2.11 bits per heavy atom. The van der Waals surface area contributed by atoms with Crippen LogP contribution in [-0.4, -0.2) is 17.1 Å². The molecule has 0 atom stereocenters. The van der Waals surface area contributed by atoms with Crippen molar-refractivity contribution in [3.8, 4) is 0 Å². The summed E-state index contributed by atoms with van der Waals surface area (Å²) in [5.74, 6) is -0.603. The second kappa shape index (κ2) is 9.73. The highest BCUT2D eigenvalue weighted by molar-refractivity contribution is 5.94. The molecule has 3 rings (SSSR count). The van der Waals surface area contributed by atoms with Crippen molar-refractivity contribution < 1.29 is 14.8 Å². The van der Waals surface area contributed by atoms with Crippen molar-refractivity contribution in [3.05, 3.63) is 77.4 Å². The fraction of sp³-hybridized carbons (Fsp3) is 0.143. The lowest BCUT2D eigenvalue weighted by atomic mass is 10.0. The predicted molar refractivity (Wildman–Crippen MR) is 112 cm³/mol. The summed E-state index contributed by atoms with van der Waals surface area (Å²) in [7, 11) is 0. The van der Waals surface area contributed by atoms with Crippen molar-refractivity contribution in [1.29, 1.82) is 0 Å². The van der Waals surface area contributed by atoms with Crippen molar-refractivity contribution >= 4 is 40.8 Å². The molecule has 0 spiro atoms. The summed E-state index contributed by atoms with van der Waals surface area (Å²) in [5, 5.41) is 16.4. The van der Waals surface area contributed by atoms with E-state index in [-0.39, 0.29) is 18.4 Å². The standard InChI is InChI=1S/C21H21N3O3.ClH/c1-2-14-3-5-18-12-15(4-6-17(18)11-14)13-22-21(26)23-19-9-7-16(8-10-19)20(25)24-27;/h3-12,27H,2,13H2,1H3,(H,24,25)(H2,22,23,26);1H. The van der Waals surface area contributed by atoms with Crippen LogP contribution in [-0.2, 0) is 13.0 Å². The number of fused-ring (bicyclic) bond motifs is 1. The van der Waals surface area contributed by atoms with Crippen LogP contribution in [0.1, 0.15) is 28.4 Å². The fourth-order valence-electron chi connectivity index (χ4n) is 2.80. The molecule has 0 radical (unpaired) electrons. The van der Waals surface area contributed by atoms with Gasteiger partial charge in [-0.2, -0.15) is 0 Å². The highest BCUT2D eigenvalue weighted by Crippen LogP contribution is 2.18. The number of hydrogen-bond donors (Lipinski definition) is 4. The van der Waals surface area contributed by atoms with Crippen LogP contribution < -0.4 is 16.1 Å². The zero-order valence-electron chi connectivity index (χ0n) is 15.4. The third-order valence-electron chi connectivity index (χ3n) is 4.34. The van der Waals surface area contributed by atoms with E-state index < -0.39 is 5.91 Å². The number of nitrogens with one attached hydrogen (secondary N) is 3. The van der Waals surface area contributed by atoms with E-state index in [0.717, 1.165) is 17.4 Å². The molecule has 146 valence electrons. The number of carbonyl (C=O) groups is 2. The molecule has 3 aromatic carbocycles. The Morgan fingerprint density at radius 2 is 1.50 bits per heavy atom. The Bertz CT molecular complexity index is 974. The highest BCUT2D eigenvalue weighted by atomic mass is 35.5. The van der Waals surface area contributed by atoms with Crippen LogP contribution in [0.3, 0.4) is 0 Å². The Hall–Kier alpha value is -3.09. The molecule has 3 aromatic rings. The van der Waals surface area contributed by atoms with E-state index in [1.807, 2.05) is 6.07 Å². The van der Waals surface area contributed by atoms with Crippen LogP contribution >= 0.6 is 12.4 Å². The summed E-state index contributed by atoms with van der Waals surface area (Å²) < 4.78 is 0. The maximum Gasteiger partial charge on any atom is 0.319 e. The molecule has 0 saturated heterocycles. The van der Waals surface area contributed by atoms with Gasteiger partial charge in [-0.1, -0.05) is 37.3 Å². The molecule has 3 amide bonds. The summed E-state index contributed by atoms with van der Waals surface area (Å²) in [6.07, 6.45) is 1.01. The van der Waals surface area contributed by atoms with Gasteiger partial charge in [0.15, 0.2) is 0 Å². The van der Waals surface area contributed by atoms with E-state index in [9.17, 15) is 9.59 Å². The van der Waals surface area contributed by atoms with Gasteiger partial charge in [-0.15, -0.1) is 12.4 Å². The van der Waals surface area contributed by atoms with Gasteiger partial charge in [-0.3, -0.25) is 10.0 Å². The highest BCUT2D eigenvalue weighted by Gasteiger charge is 2.06. The van der Waals surface area contributed by atoms with Crippen LogP contribution in [0.25, 0.3) is 10.8 Å². The maximum absolute atomic E-state index is 12.1. The van der Waals surface area contributed by atoms with E-state index >= 15 is 0 Å². The van der Waals surface area contributed by atoms with E-state index in [1.165, 1.54) is 23.1 Å². The normalized spacial score (nSPS) is 10.1. The number of rotatable bonds is 5. The first-order chi connectivity index (χ1) is 13.1. The minimum Gasteiger partial charge on any atom is -0.334 e. The van der Waals surface area contributed by atoms with Gasteiger partial charge in [0.2, 0.25) is 0 Å². The van der Waals surface area contributed by atoms with Crippen LogP contribution in [0.4, 0.5) is 10.5 Å². The van der Waals surface area contributed by atoms with Crippen LogP contribution in [0.15, 0.2) is 60.7 Å². The van der Waals surface area contributed by atoms with Crippen LogP contribution in [0.5, 0.6) is 0 Å². The lowest BCUT2D eigenvalue weighted by Gasteiger charge is -2.09. The van der Waals surface area contributed by atoms with Gasteiger partial charge in [0, 0.05) is 17.8 Å². The Kier molecular flexibility index (Phi) is 7.37. The molecule has 0 unspecified atom stereocenters. The number of carbonyl (C=O) groups excluding carboxylic acids is 2. The van der Waals surface area contributed by atoms with Gasteiger partial charge < -0.3 is 10.6 Å². The largest absolute Gasteiger partial charge is 0.334 e. The number of urea groups is 1. The maximum atomic E-state index is 12.1. The first kappa shape index (κ1) is 21.2. The average molecular weight is 400 g/mol. The number of aryl methyl sites for hydroxylation is 1. The molecule has 0 aliphatic heterocycles. The second-order valence-corrected chi connectivity index (χ2v) is 6.20. The van der Waals surface area contributed by atoms with E-state index in [1.54, 1.807) is 17.6 Å². The SMILES string of the molecule is CCc1ccc2cc(CNC(=O)Nc3ccc(C(=O)NO)cc3)ccc2c1.Cl. The average Bonchev–Trinajstić information content (AvgIpc) is 2.71. The van der Waals surface area contributed by atoms with Crippen molar-refractivity contribution in [2.24, 2.45) is 0 Å². The molecule has 0 aromatic heterocycles. The molecule has 0 fully saturated rings. The summed E-state index contributed by atoms with van der Waals surface area (Å²) >= 11 is 0. The van der Waals surface area contributed by atoms with Gasteiger partial charge in [0.05, 0.1) is 0 Å². The third kappa shape index (κ3) is 5.22. The molecule has 6 nitrogen and oxygen atoms in total. The molecule has 0 aliphatic rings. The van der Waals surface area contributed by atoms with Gasteiger partial charge in [0.25, 0.3) is 5.91 Å². The lowest BCUT2D eigenvalue weighted by Crippen LogP contribution is -2.28. The monoisotopic (exact) mass is 399 g/mol. The quantitative estimate of drug-likeness (QED) is 0.381. The molecule has 4 N–H and O–H groups in total. The Morgan fingerprint density at radius 1 is 0.893 bits per heavy atom. The number of anilines is 1. The Labute approximate surface area is 169 Å². The zero-order valence-corrected chi connectivity index (χ0v) is 16.2. The Balaban J connectivity index is 0.00000280. The summed E-state index contributed by atoms with van der Waals surface area (Å²) in [6, 6.07) is 18.4. The molecule has 28 heavy (non-hydrogen) atoms. The van der Waals surface area contributed by atoms with Gasteiger partial charge >= 0.3 is 6.03 Å². The van der Waals surface area contributed by atoms with Gasteiger partial charge in [-0.05, 0) is 58.7 Å². The number of amides is 3. The molecular weight excluding hydrogens is 378 g/mol. The summed E-state index contributed by atoms with van der Waals surface area (Å²) in [5.41, 5.74) is 4.72. The summed E-state index contributed by atoms with van der Waals surface area (Å²) in [4.78, 5) is 23.3. The number of hydrogen-bond acceptors (Lipinski definition) is 3. The first-order valence-electron chi connectivity index (χ1n) is 8.70. The van der Waals surface area contributed by atoms with Crippen LogP contribution in [0.2, 0.25) is 0 Å². The van der Waals surface area contributed by atoms with Crippen LogP contribution in [0, 0.1) is 0 Å². The molecule has 0 heterocycles. The van der Waals surface area contributed by atoms with Gasteiger partial charge in [0.1, 0.15) is 0 Å². The third-order valence-corrected chi connectivity index (χ3v) is 4.34. The molecular formula is C21H22ClN3O3. The van der Waals surface area contributed by atoms with E-state index in [0.29, 0.717) is 17.8 Å². The van der Waals surface area contributed by atoms with E-state index in [4.69, 9.17) is 5.21 Å². The lowest BCUT2D eigenvalue weighted by molar-refractivity contribution is 0.0706.